The lowest BCUT2D eigenvalue weighted by molar-refractivity contribution is 0.498. The SMILES string of the molecule is CC(NCCCn1ccnn1)c1cc(F)c(Cl)cc1Cl. The van der Waals surface area contributed by atoms with E-state index in [1.54, 1.807) is 10.9 Å². The van der Waals surface area contributed by atoms with Gasteiger partial charge in [0.1, 0.15) is 5.82 Å². The van der Waals surface area contributed by atoms with E-state index in [4.69, 9.17) is 23.2 Å². The molecule has 0 aliphatic heterocycles. The standard InChI is InChI=1S/C13H15Cl2FN4/c1-9(10-7-13(16)12(15)8-11(10)14)17-3-2-5-20-6-4-18-19-20/h4,6-9,17H,2-3,5H2,1H3. The molecule has 108 valence electrons. The third kappa shape index (κ3) is 3.91. The Bertz CT molecular complexity index is 560. The zero-order valence-corrected chi connectivity index (χ0v) is 12.5. The molecule has 1 aromatic heterocycles. The summed E-state index contributed by atoms with van der Waals surface area (Å²) in [5.41, 5.74) is 0.703. The second-order valence-corrected chi connectivity index (χ2v) is 5.30. The summed E-state index contributed by atoms with van der Waals surface area (Å²) in [4.78, 5) is 0. The summed E-state index contributed by atoms with van der Waals surface area (Å²) in [5, 5.41) is 11.4. The fourth-order valence-corrected chi connectivity index (χ4v) is 2.44. The lowest BCUT2D eigenvalue weighted by atomic mass is 10.1. The van der Waals surface area contributed by atoms with Crippen LogP contribution in [0.3, 0.4) is 0 Å². The Morgan fingerprint density at radius 1 is 1.35 bits per heavy atom. The Hall–Kier alpha value is -1.17. The van der Waals surface area contributed by atoms with Crippen molar-refractivity contribution in [3.8, 4) is 0 Å². The Labute approximate surface area is 126 Å². The van der Waals surface area contributed by atoms with Crippen LogP contribution in [0.2, 0.25) is 10.0 Å². The third-order valence-corrected chi connectivity index (χ3v) is 3.61. The van der Waals surface area contributed by atoms with Gasteiger partial charge in [0.25, 0.3) is 0 Å². The van der Waals surface area contributed by atoms with E-state index in [2.05, 4.69) is 15.6 Å². The topological polar surface area (TPSA) is 42.7 Å². The molecule has 2 rings (SSSR count). The van der Waals surface area contributed by atoms with Gasteiger partial charge in [-0.3, -0.25) is 4.68 Å². The highest BCUT2D eigenvalue weighted by Gasteiger charge is 2.12. The van der Waals surface area contributed by atoms with Crippen LogP contribution in [0.5, 0.6) is 0 Å². The van der Waals surface area contributed by atoms with Crippen LogP contribution in [0.15, 0.2) is 24.5 Å². The predicted octanol–water partition coefficient (Wildman–Crippen LogP) is 3.46. The minimum atomic E-state index is -0.456. The molecule has 0 saturated carbocycles. The first kappa shape index (κ1) is 15.2. The Balaban J connectivity index is 1.85. The highest BCUT2D eigenvalue weighted by molar-refractivity contribution is 6.35. The van der Waals surface area contributed by atoms with E-state index in [0.29, 0.717) is 10.6 Å². The van der Waals surface area contributed by atoms with E-state index in [-0.39, 0.29) is 11.1 Å². The number of aryl methyl sites for hydroxylation is 1. The molecular formula is C13H15Cl2FN4. The van der Waals surface area contributed by atoms with Crippen LogP contribution >= 0.6 is 23.2 Å². The molecule has 1 atom stereocenters. The number of aromatic nitrogens is 3. The van der Waals surface area contributed by atoms with Gasteiger partial charge >= 0.3 is 0 Å². The summed E-state index contributed by atoms with van der Waals surface area (Å²) in [6.45, 7) is 3.48. The summed E-state index contributed by atoms with van der Waals surface area (Å²) in [5.74, 6) is -0.456. The van der Waals surface area contributed by atoms with Gasteiger partial charge in [0, 0.05) is 23.8 Å². The molecule has 0 aliphatic carbocycles. The van der Waals surface area contributed by atoms with Crippen molar-refractivity contribution < 1.29 is 4.39 Å². The second kappa shape index (κ2) is 7.02. The zero-order chi connectivity index (χ0) is 14.5. The Morgan fingerprint density at radius 3 is 2.85 bits per heavy atom. The van der Waals surface area contributed by atoms with Crippen LogP contribution < -0.4 is 5.32 Å². The van der Waals surface area contributed by atoms with Crippen molar-refractivity contribution in [2.75, 3.05) is 6.54 Å². The number of benzene rings is 1. The van der Waals surface area contributed by atoms with Gasteiger partial charge in [-0.05, 0) is 37.6 Å². The molecule has 4 nitrogen and oxygen atoms in total. The van der Waals surface area contributed by atoms with Gasteiger partial charge in [0.2, 0.25) is 0 Å². The highest BCUT2D eigenvalue weighted by atomic mass is 35.5. The average molecular weight is 317 g/mol. The first-order valence-electron chi connectivity index (χ1n) is 6.30. The molecule has 1 N–H and O–H groups in total. The minimum Gasteiger partial charge on any atom is -0.310 e. The molecular weight excluding hydrogens is 302 g/mol. The van der Waals surface area contributed by atoms with E-state index >= 15 is 0 Å². The number of hydrogen-bond donors (Lipinski definition) is 1. The number of rotatable bonds is 6. The van der Waals surface area contributed by atoms with Crippen LogP contribution in [0.1, 0.15) is 24.9 Å². The maximum atomic E-state index is 13.5. The molecule has 0 saturated heterocycles. The summed E-state index contributed by atoms with van der Waals surface area (Å²) in [6.07, 6.45) is 4.35. The largest absolute Gasteiger partial charge is 0.310 e. The summed E-state index contributed by atoms with van der Waals surface area (Å²) in [7, 11) is 0. The summed E-state index contributed by atoms with van der Waals surface area (Å²) < 4.78 is 15.2. The number of halogens is 3. The van der Waals surface area contributed by atoms with E-state index in [1.165, 1.54) is 12.1 Å². The van der Waals surface area contributed by atoms with Gasteiger partial charge in [-0.1, -0.05) is 28.4 Å². The highest BCUT2D eigenvalue weighted by Crippen LogP contribution is 2.28. The number of nitrogens with zero attached hydrogens (tertiary/aromatic N) is 3. The predicted molar refractivity (Wildman–Crippen MR) is 77.5 cm³/mol. The van der Waals surface area contributed by atoms with Gasteiger partial charge in [0.05, 0.1) is 11.2 Å². The Kier molecular flexibility index (Phi) is 5.34. The van der Waals surface area contributed by atoms with E-state index < -0.39 is 5.82 Å². The molecule has 2 aromatic rings. The monoisotopic (exact) mass is 316 g/mol. The van der Waals surface area contributed by atoms with Crippen LogP contribution in [-0.2, 0) is 6.54 Å². The summed E-state index contributed by atoms with van der Waals surface area (Å²) in [6, 6.07) is 2.76. The summed E-state index contributed by atoms with van der Waals surface area (Å²) >= 11 is 11.8. The minimum absolute atomic E-state index is 0.0390. The smallest absolute Gasteiger partial charge is 0.142 e. The first-order valence-corrected chi connectivity index (χ1v) is 7.05. The van der Waals surface area contributed by atoms with Gasteiger partial charge in [-0.25, -0.2) is 4.39 Å². The average Bonchev–Trinajstić information content (AvgIpc) is 2.92. The zero-order valence-electron chi connectivity index (χ0n) is 11.0. The number of nitrogens with one attached hydrogen (secondary N) is 1. The number of hydrogen-bond acceptors (Lipinski definition) is 3. The third-order valence-electron chi connectivity index (χ3n) is 2.99. The van der Waals surface area contributed by atoms with Crippen LogP contribution in [-0.4, -0.2) is 21.5 Å². The van der Waals surface area contributed by atoms with Crippen molar-refractivity contribution in [3.63, 3.8) is 0 Å². The molecule has 1 unspecified atom stereocenters. The molecule has 7 heteroatoms. The van der Waals surface area contributed by atoms with Gasteiger partial charge < -0.3 is 5.32 Å². The van der Waals surface area contributed by atoms with E-state index in [1.807, 2.05) is 13.1 Å². The lowest BCUT2D eigenvalue weighted by Crippen LogP contribution is -2.21. The van der Waals surface area contributed by atoms with Crippen molar-refractivity contribution in [2.45, 2.75) is 25.9 Å². The fraction of sp³-hybridized carbons (Fsp3) is 0.385. The normalized spacial score (nSPS) is 12.6. The van der Waals surface area contributed by atoms with Crippen molar-refractivity contribution in [2.24, 2.45) is 0 Å². The molecule has 0 spiro atoms. The molecule has 1 heterocycles. The lowest BCUT2D eigenvalue weighted by Gasteiger charge is -2.16. The molecule has 20 heavy (non-hydrogen) atoms. The molecule has 0 amide bonds. The maximum Gasteiger partial charge on any atom is 0.142 e. The van der Waals surface area contributed by atoms with Crippen molar-refractivity contribution in [1.29, 1.82) is 0 Å². The van der Waals surface area contributed by atoms with Crippen molar-refractivity contribution >= 4 is 23.2 Å². The first-order chi connectivity index (χ1) is 9.58. The van der Waals surface area contributed by atoms with Crippen LogP contribution in [0, 0.1) is 5.82 Å². The quantitative estimate of drug-likeness (QED) is 0.655. The molecule has 1 aromatic carbocycles. The van der Waals surface area contributed by atoms with E-state index in [0.717, 1.165) is 19.5 Å². The van der Waals surface area contributed by atoms with Crippen molar-refractivity contribution in [3.05, 3.63) is 46.0 Å². The van der Waals surface area contributed by atoms with Crippen LogP contribution in [0.25, 0.3) is 0 Å². The maximum absolute atomic E-state index is 13.5. The molecule has 0 bridgehead atoms. The molecule has 0 fully saturated rings. The van der Waals surface area contributed by atoms with E-state index in [9.17, 15) is 4.39 Å². The second-order valence-electron chi connectivity index (χ2n) is 4.48. The van der Waals surface area contributed by atoms with Crippen molar-refractivity contribution in [1.82, 2.24) is 20.3 Å². The molecule has 0 radical (unpaired) electrons. The van der Waals surface area contributed by atoms with Crippen LogP contribution in [0.4, 0.5) is 4.39 Å². The molecule has 0 aliphatic rings. The Morgan fingerprint density at radius 2 is 2.15 bits per heavy atom. The van der Waals surface area contributed by atoms with Gasteiger partial charge in [-0.2, -0.15) is 0 Å². The van der Waals surface area contributed by atoms with Gasteiger partial charge in [0.15, 0.2) is 0 Å². The fourth-order valence-electron chi connectivity index (χ4n) is 1.89. The van der Waals surface area contributed by atoms with Gasteiger partial charge in [-0.15, -0.1) is 5.10 Å².